The van der Waals surface area contributed by atoms with Crippen LogP contribution in [0.4, 0.5) is 0 Å². The number of aliphatic hydroxyl groups is 2. The Balaban J connectivity index is 3.30. The van der Waals surface area contributed by atoms with Crippen LogP contribution in [-0.2, 0) is 14.3 Å². The van der Waals surface area contributed by atoms with Gasteiger partial charge in [0.05, 0.1) is 25.4 Å². The van der Waals surface area contributed by atoms with Crippen molar-refractivity contribution in [3.63, 3.8) is 0 Å². The van der Waals surface area contributed by atoms with E-state index in [1.807, 2.05) is 0 Å². The molecule has 576 valence electrons. The number of esters is 1. The summed E-state index contributed by atoms with van der Waals surface area (Å²) < 4.78 is 5.52. The molecule has 0 radical (unpaired) electrons. The number of aliphatic hydroxyl groups excluding tert-OH is 2. The number of carbonyl (C=O) groups excluding carboxylic acids is 2. The maximum absolute atomic E-state index is 12.6. The lowest BCUT2D eigenvalue weighted by atomic mass is 10.0. The Bertz CT molecular complexity index is 1530. The molecule has 0 aliphatic carbocycles. The Morgan fingerprint density at radius 3 is 0.794 bits per heavy atom. The quantitative estimate of drug-likeness (QED) is 0.0320. The molecule has 0 aromatic carbocycles. The SMILES string of the molecule is CCCCCC/C=C\C/C=C\CCCCCCCCCC(=O)OCCCCCCCCCCCCCCCCCCCCCCCCCCCCCCCCCCCCCCCCCC(=O)NC(CO)C(O)CCCCCCCCCCCCCCCCCCCCCCCCC. The van der Waals surface area contributed by atoms with Crippen LogP contribution in [0.15, 0.2) is 24.3 Å². The third-order valence-corrected chi connectivity index (χ3v) is 21.5. The van der Waals surface area contributed by atoms with E-state index in [0.717, 1.165) is 51.4 Å². The lowest BCUT2D eigenvalue weighted by Crippen LogP contribution is -2.45. The van der Waals surface area contributed by atoms with Gasteiger partial charge in [0.1, 0.15) is 0 Å². The topological polar surface area (TPSA) is 95.9 Å². The minimum Gasteiger partial charge on any atom is -0.466 e. The molecule has 6 nitrogen and oxygen atoms in total. The fourth-order valence-corrected chi connectivity index (χ4v) is 14.7. The van der Waals surface area contributed by atoms with Gasteiger partial charge in [-0.25, -0.2) is 0 Å². The molecule has 0 bridgehead atoms. The predicted octanol–water partition coefficient (Wildman–Crippen LogP) is 30.3. The highest BCUT2D eigenvalue weighted by atomic mass is 16.5. The molecule has 0 heterocycles. The molecule has 0 spiro atoms. The van der Waals surface area contributed by atoms with Crippen LogP contribution in [-0.4, -0.2) is 47.4 Å². The van der Waals surface area contributed by atoms with Gasteiger partial charge < -0.3 is 20.3 Å². The van der Waals surface area contributed by atoms with Crippen LogP contribution >= 0.6 is 0 Å². The van der Waals surface area contributed by atoms with E-state index in [4.69, 9.17) is 4.74 Å². The maximum Gasteiger partial charge on any atom is 0.305 e. The highest BCUT2D eigenvalue weighted by Crippen LogP contribution is 2.21. The second kappa shape index (κ2) is 86.7. The fourth-order valence-electron chi connectivity index (χ4n) is 14.7. The molecule has 0 rings (SSSR count). The van der Waals surface area contributed by atoms with Crippen molar-refractivity contribution >= 4 is 11.9 Å². The minimum atomic E-state index is -0.661. The molecule has 0 aromatic rings. The van der Waals surface area contributed by atoms with Crippen LogP contribution in [0.5, 0.6) is 0 Å². The summed E-state index contributed by atoms with van der Waals surface area (Å²) >= 11 is 0. The van der Waals surface area contributed by atoms with Gasteiger partial charge in [0.15, 0.2) is 0 Å². The van der Waals surface area contributed by atoms with E-state index in [1.165, 1.54) is 437 Å². The number of unbranched alkanes of at least 4 members (excludes halogenated alkanes) is 71. The number of hydrogen-bond acceptors (Lipinski definition) is 5. The largest absolute Gasteiger partial charge is 0.466 e. The zero-order valence-corrected chi connectivity index (χ0v) is 66.4. The second-order valence-corrected chi connectivity index (χ2v) is 31.3. The van der Waals surface area contributed by atoms with Crippen molar-refractivity contribution in [2.24, 2.45) is 0 Å². The monoisotopic (exact) mass is 1360 g/mol. The lowest BCUT2D eigenvalue weighted by molar-refractivity contribution is -0.143. The number of ether oxygens (including phenoxy) is 1. The first-order chi connectivity index (χ1) is 48.0. The van der Waals surface area contributed by atoms with Crippen molar-refractivity contribution in [1.29, 1.82) is 0 Å². The summed E-state index contributed by atoms with van der Waals surface area (Å²) in [7, 11) is 0. The first-order valence-corrected chi connectivity index (χ1v) is 45.1. The molecule has 0 aliphatic rings. The standard InChI is InChI=1S/C91H177NO5/c1-3-5-7-9-11-13-15-17-19-21-23-24-42-45-48-51-55-59-63-67-71-75-79-83-89(94)88(87-93)92-90(95)84-80-76-72-68-64-60-56-52-49-46-43-40-38-36-34-32-30-28-26-25-27-29-31-33-35-37-39-41-44-47-50-54-58-62-66-70-74-78-82-86-97-91(96)85-81-77-73-69-65-61-57-53-22-20-18-16-14-12-10-8-6-4-2/h14,16,20,22,88-89,93-94H,3-13,15,17-19,21,23-87H2,1-2H3,(H,92,95)/b16-14-,22-20-. The smallest absolute Gasteiger partial charge is 0.305 e. The number of rotatable bonds is 86. The third kappa shape index (κ3) is 83.2. The molecule has 0 aromatic heterocycles. The molecule has 0 fully saturated rings. The van der Waals surface area contributed by atoms with E-state index in [9.17, 15) is 19.8 Å². The molecular weight excluding hydrogens is 1190 g/mol. The Labute approximate surface area is 609 Å². The molecule has 97 heavy (non-hydrogen) atoms. The highest BCUT2D eigenvalue weighted by Gasteiger charge is 2.20. The van der Waals surface area contributed by atoms with Crippen molar-refractivity contribution < 1.29 is 24.5 Å². The molecule has 0 saturated heterocycles. The predicted molar refractivity (Wildman–Crippen MR) is 430 cm³/mol. The van der Waals surface area contributed by atoms with Gasteiger partial charge in [0, 0.05) is 12.8 Å². The molecule has 1 amide bonds. The van der Waals surface area contributed by atoms with Crippen LogP contribution in [0.1, 0.15) is 521 Å². The van der Waals surface area contributed by atoms with Crippen molar-refractivity contribution in [2.75, 3.05) is 13.2 Å². The van der Waals surface area contributed by atoms with E-state index >= 15 is 0 Å². The number of allylic oxidation sites excluding steroid dienone is 4. The molecule has 0 saturated carbocycles. The van der Waals surface area contributed by atoms with Crippen molar-refractivity contribution in [3.8, 4) is 0 Å². The summed E-state index contributed by atoms with van der Waals surface area (Å²) in [5.41, 5.74) is 0. The van der Waals surface area contributed by atoms with Crippen LogP contribution in [0.25, 0.3) is 0 Å². The Kier molecular flexibility index (Phi) is 85.3. The summed E-state index contributed by atoms with van der Waals surface area (Å²) in [6.07, 6.45) is 113. The third-order valence-electron chi connectivity index (χ3n) is 21.5. The molecule has 3 N–H and O–H groups in total. The highest BCUT2D eigenvalue weighted by molar-refractivity contribution is 5.76. The van der Waals surface area contributed by atoms with Gasteiger partial charge in [0.25, 0.3) is 0 Å². The maximum atomic E-state index is 12.6. The average molecular weight is 1370 g/mol. The summed E-state index contributed by atoms with van der Waals surface area (Å²) in [6, 6.07) is -0.538. The number of nitrogens with one attached hydrogen (secondary N) is 1. The minimum absolute atomic E-state index is 0.0179. The van der Waals surface area contributed by atoms with Crippen molar-refractivity contribution in [3.05, 3.63) is 24.3 Å². The Hall–Kier alpha value is -1.66. The molecule has 0 aliphatic heterocycles. The van der Waals surface area contributed by atoms with Gasteiger partial charge in [-0.3, -0.25) is 9.59 Å². The van der Waals surface area contributed by atoms with Gasteiger partial charge in [-0.15, -0.1) is 0 Å². The van der Waals surface area contributed by atoms with Gasteiger partial charge in [0.2, 0.25) is 5.91 Å². The van der Waals surface area contributed by atoms with E-state index in [-0.39, 0.29) is 18.5 Å². The molecular formula is C91H177NO5. The number of carbonyl (C=O) groups is 2. The van der Waals surface area contributed by atoms with Crippen LogP contribution < -0.4 is 5.32 Å². The van der Waals surface area contributed by atoms with Gasteiger partial charge in [-0.2, -0.15) is 0 Å². The van der Waals surface area contributed by atoms with Gasteiger partial charge in [-0.05, 0) is 57.8 Å². The Morgan fingerprint density at radius 1 is 0.289 bits per heavy atom. The molecule has 2 unspecified atom stereocenters. The van der Waals surface area contributed by atoms with E-state index in [1.54, 1.807) is 0 Å². The average Bonchev–Trinajstić information content (AvgIpc) is 2.52. The van der Waals surface area contributed by atoms with Crippen LogP contribution in [0, 0.1) is 0 Å². The first-order valence-electron chi connectivity index (χ1n) is 45.1. The summed E-state index contributed by atoms with van der Waals surface area (Å²) in [5.74, 6) is -0.00449. The molecule has 6 heteroatoms. The van der Waals surface area contributed by atoms with E-state index < -0.39 is 12.1 Å². The van der Waals surface area contributed by atoms with Crippen molar-refractivity contribution in [2.45, 2.75) is 533 Å². The van der Waals surface area contributed by atoms with Crippen molar-refractivity contribution in [1.82, 2.24) is 5.32 Å². The fraction of sp³-hybridized carbons (Fsp3) is 0.934. The van der Waals surface area contributed by atoms with Gasteiger partial charge >= 0.3 is 5.97 Å². The normalized spacial score (nSPS) is 12.5. The summed E-state index contributed by atoms with van der Waals surface area (Å²) in [4.78, 5) is 24.7. The second-order valence-electron chi connectivity index (χ2n) is 31.3. The zero-order chi connectivity index (χ0) is 69.8. The van der Waals surface area contributed by atoms with Crippen LogP contribution in [0.2, 0.25) is 0 Å². The van der Waals surface area contributed by atoms with E-state index in [2.05, 4.69) is 43.5 Å². The van der Waals surface area contributed by atoms with Crippen LogP contribution in [0.3, 0.4) is 0 Å². The first kappa shape index (κ1) is 95.3. The number of amides is 1. The summed E-state index contributed by atoms with van der Waals surface area (Å²) in [5, 5.41) is 23.5. The zero-order valence-electron chi connectivity index (χ0n) is 66.4. The van der Waals surface area contributed by atoms with Gasteiger partial charge in [-0.1, -0.05) is 475 Å². The Morgan fingerprint density at radius 2 is 0.515 bits per heavy atom. The number of hydrogen-bond donors (Lipinski definition) is 3. The summed E-state index contributed by atoms with van der Waals surface area (Å²) in [6.45, 7) is 5.00. The molecule has 2 atom stereocenters. The lowest BCUT2D eigenvalue weighted by Gasteiger charge is -2.22. The van der Waals surface area contributed by atoms with E-state index in [0.29, 0.717) is 25.9 Å².